The van der Waals surface area contributed by atoms with E-state index in [9.17, 15) is 5.11 Å². The third-order valence-corrected chi connectivity index (χ3v) is 5.85. The lowest BCUT2D eigenvalue weighted by Gasteiger charge is -2.38. The van der Waals surface area contributed by atoms with Gasteiger partial charge in [-0.3, -0.25) is 0 Å². The summed E-state index contributed by atoms with van der Waals surface area (Å²) in [6, 6.07) is 18.7. The first-order valence-electron chi connectivity index (χ1n) is 9.08. The Morgan fingerprint density at radius 1 is 1.00 bits per heavy atom. The molecule has 5 rings (SSSR count). The van der Waals surface area contributed by atoms with Crippen LogP contribution in [0.4, 0.5) is 5.69 Å². The van der Waals surface area contributed by atoms with Crippen LogP contribution in [0.3, 0.4) is 0 Å². The minimum atomic E-state index is 0.0448. The number of methoxy groups -OCH3 is 1. The van der Waals surface area contributed by atoms with Gasteiger partial charge in [-0.25, -0.2) is 0 Å². The maximum atomic E-state index is 10.7. The fourth-order valence-electron chi connectivity index (χ4n) is 4.60. The van der Waals surface area contributed by atoms with Crippen molar-refractivity contribution in [1.29, 1.82) is 0 Å². The molecule has 26 heavy (non-hydrogen) atoms. The zero-order chi connectivity index (χ0) is 17.7. The molecule has 0 spiro atoms. The summed E-state index contributed by atoms with van der Waals surface area (Å²) in [6.07, 6.45) is 5.60. The van der Waals surface area contributed by atoms with E-state index in [-0.39, 0.29) is 11.8 Å². The number of fused-ring (bicyclic) bond motifs is 5. The van der Waals surface area contributed by atoms with Crippen LogP contribution in [0.15, 0.2) is 66.7 Å². The molecule has 3 aromatic rings. The number of anilines is 1. The molecular weight excluding hydrogens is 322 g/mol. The molecule has 0 amide bonds. The van der Waals surface area contributed by atoms with Crippen LogP contribution >= 0.6 is 0 Å². The summed E-state index contributed by atoms with van der Waals surface area (Å²) >= 11 is 0. The highest BCUT2D eigenvalue weighted by molar-refractivity contribution is 5.96. The van der Waals surface area contributed by atoms with E-state index >= 15 is 0 Å². The van der Waals surface area contributed by atoms with Gasteiger partial charge in [0.2, 0.25) is 0 Å². The van der Waals surface area contributed by atoms with Gasteiger partial charge >= 0.3 is 0 Å². The Morgan fingerprint density at radius 3 is 2.77 bits per heavy atom. The fraction of sp³-hybridized carbons (Fsp3) is 0.217. The van der Waals surface area contributed by atoms with Crippen molar-refractivity contribution in [3.05, 3.63) is 77.9 Å². The number of hydrogen-bond acceptors (Lipinski definition) is 3. The Kier molecular flexibility index (Phi) is 3.42. The first-order chi connectivity index (χ1) is 12.8. The summed E-state index contributed by atoms with van der Waals surface area (Å²) < 4.78 is 5.33. The number of phenolic OH excluding ortho intramolecular Hbond substituents is 1. The maximum absolute atomic E-state index is 10.7. The Labute approximate surface area is 152 Å². The molecule has 2 aliphatic rings. The average molecular weight is 343 g/mol. The highest BCUT2D eigenvalue weighted by Crippen LogP contribution is 2.53. The Balaban J connectivity index is 1.70. The second-order valence-corrected chi connectivity index (χ2v) is 7.12. The van der Waals surface area contributed by atoms with Crippen LogP contribution in [0.2, 0.25) is 0 Å². The van der Waals surface area contributed by atoms with Crippen molar-refractivity contribution in [2.24, 2.45) is 5.92 Å². The predicted octanol–water partition coefficient (Wildman–Crippen LogP) is 5.38. The summed E-state index contributed by atoms with van der Waals surface area (Å²) in [5.41, 5.74) is 3.44. The van der Waals surface area contributed by atoms with Gasteiger partial charge in [-0.2, -0.15) is 0 Å². The third kappa shape index (κ3) is 2.13. The molecule has 3 nitrogen and oxygen atoms in total. The number of ether oxygens (including phenoxy) is 1. The molecule has 0 saturated carbocycles. The van der Waals surface area contributed by atoms with Crippen LogP contribution in [0, 0.1) is 5.92 Å². The first kappa shape index (κ1) is 15.3. The van der Waals surface area contributed by atoms with Gasteiger partial charge in [-0.1, -0.05) is 60.7 Å². The van der Waals surface area contributed by atoms with E-state index in [0.29, 0.717) is 17.6 Å². The molecule has 130 valence electrons. The summed E-state index contributed by atoms with van der Waals surface area (Å²) in [7, 11) is 1.59. The van der Waals surface area contributed by atoms with E-state index in [1.165, 1.54) is 22.0 Å². The highest BCUT2D eigenvalue weighted by atomic mass is 16.5. The summed E-state index contributed by atoms with van der Waals surface area (Å²) in [4.78, 5) is 0. The number of para-hydroxylation sites is 1. The van der Waals surface area contributed by atoms with Crippen molar-refractivity contribution < 1.29 is 9.84 Å². The van der Waals surface area contributed by atoms with Gasteiger partial charge < -0.3 is 15.2 Å². The molecule has 3 unspecified atom stereocenters. The number of allylic oxidation sites excluding steroid dienone is 2. The fourth-order valence-corrected chi connectivity index (χ4v) is 4.60. The molecule has 2 N–H and O–H groups in total. The molecule has 1 heterocycles. The standard InChI is InChI=1S/C23H21NO2/c1-26-20-11-5-10-19(23(20)25)22-17-9-4-8-16(17)18-13-12-14-6-2-3-7-15(14)21(18)24-22/h2-8,10-13,16-17,22,24-25H,9H2,1H3. The topological polar surface area (TPSA) is 41.5 Å². The van der Waals surface area contributed by atoms with Crippen molar-refractivity contribution in [1.82, 2.24) is 0 Å². The smallest absolute Gasteiger partial charge is 0.163 e. The largest absolute Gasteiger partial charge is 0.504 e. The lowest BCUT2D eigenvalue weighted by atomic mass is 9.76. The van der Waals surface area contributed by atoms with E-state index in [1.54, 1.807) is 13.2 Å². The van der Waals surface area contributed by atoms with E-state index in [2.05, 4.69) is 53.9 Å². The van der Waals surface area contributed by atoms with Crippen LogP contribution in [-0.4, -0.2) is 12.2 Å². The van der Waals surface area contributed by atoms with E-state index < -0.39 is 0 Å². The first-order valence-corrected chi connectivity index (χ1v) is 9.08. The molecule has 0 bridgehead atoms. The van der Waals surface area contributed by atoms with Gasteiger partial charge in [0.15, 0.2) is 11.5 Å². The van der Waals surface area contributed by atoms with Crippen molar-refractivity contribution in [3.63, 3.8) is 0 Å². The van der Waals surface area contributed by atoms with Crippen LogP contribution in [-0.2, 0) is 0 Å². The van der Waals surface area contributed by atoms with E-state index in [0.717, 1.165) is 12.0 Å². The Morgan fingerprint density at radius 2 is 1.88 bits per heavy atom. The third-order valence-electron chi connectivity index (χ3n) is 5.85. The molecule has 0 aromatic heterocycles. The number of hydrogen-bond donors (Lipinski definition) is 2. The predicted molar refractivity (Wildman–Crippen MR) is 105 cm³/mol. The Hall–Kier alpha value is -2.94. The van der Waals surface area contributed by atoms with Crippen molar-refractivity contribution in [2.75, 3.05) is 12.4 Å². The van der Waals surface area contributed by atoms with Gasteiger partial charge in [0.05, 0.1) is 13.2 Å². The zero-order valence-electron chi connectivity index (χ0n) is 14.6. The van der Waals surface area contributed by atoms with Gasteiger partial charge in [0.1, 0.15) is 0 Å². The van der Waals surface area contributed by atoms with E-state index in [1.807, 2.05) is 12.1 Å². The molecule has 3 aromatic carbocycles. The second-order valence-electron chi connectivity index (χ2n) is 7.12. The second kappa shape index (κ2) is 5.80. The van der Waals surface area contributed by atoms with Crippen LogP contribution in [0.25, 0.3) is 10.8 Å². The number of aromatic hydroxyl groups is 1. The van der Waals surface area contributed by atoms with Gasteiger partial charge in [0.25, 0.3) is 0 Å². The van der Waals surface area contributed by atoms with Gasteiger partial charge in [0, 0.05) is 22.6 Å². The molecular formula is C23H21NO2. The van der Waals surface area contributed by atoms with Gasteiger partial charge in [-0.15, -0.1) is 0 Å². The number of nitrogens with one attached hydrogen (secondary N) is 1. The van der Waals surface area contributed by atoms with Crippen molar-refractivity contribution >= 4 is 16.5 Å². The van der Waals surface area contributed by atoms with Crippen molar-refractivity contribution in [3.8, 4) is 11.5 Å². The monoisotopic (exact) mass is 343 g/mol. The lowest BCUT2D eigenvalue weighted by Crippen LogP contribution is -2.29. The molecule has 1 aliphatic carbocycles. The molecule has 0 radical (unpaired) electrons. The van der Waals surface area contributed by atoms with E-state index in [4.69, 9.17) is 4.74 Å². The van der Waals surface area contributed by atoms with Crippen LogP contribution in [0.1, 0.15) is 29.5 Å². The van der Waals surface area contributed by atoms with Crippen molar-refractivity contribution in [2.45, 2.75) is 18.4 Å². The molecule has 1 aliphatic heterocycles. The number of phenols is 1. The number of benzene rings is 3. The van der Waals surface area contributed by atoms with Crippen LogP contribution < -0.4 is 10.1 Å². The Bertz CT molecular complexity index is 1020. The molecule has 3 heteroatoms. The lowest BCUT2D eigenvalue weighted by molar-refractivity contribution is 0.358. The summed E-state index contributed by atoms with van der Waals surface area (Å²) in [6.45, 7) is 0. The quantitative estimate of drug-likeness (QED) is 0.614. The molecule has 0 fully saturated rings. The SMILES string of the molecule is COc1cccc(C2Nc3c(ccc4ccccc34)C3C=CCC32)c1O. The minimum Gasteiger partial charge on any atom is -0.504 e. The molecule has 0 saturated heterocycles. The molecule has 3 atom stereocenters. The maximum Gasteiger partial charge on any atom is 0.163 e. The normalized spacial score (nSPS) is 23.3. The zero-order valence-corrected chi connectivity index (χ0v) is 14.6. The van der Waals surface area contributed by atoms with Crippen LogP contribution in [0.5, 0.6) is 11.5 Å². The highest BCUT2D eigenvalue weighted by Gasteiger charge is 2.39. The number of rotatable bonds is 2. The van der Waals surface area contributed by atoms with Gasteiger partial charge in [-0.05, 0) is 29.4 Å². The average Bonchev–Trinajstić information content (AvgIpc) is 3.17. The summed E-state index contributed by atoms with van der Waals surface area (Å²) in [5, 5.41) is 17.0. The minimum absolute atomic E-state index is 0.0448. The summed E-state index contributed by atoms with van der Waals surface area (Å²) in [5.74, 6) is 1.52.